The molecule has 2 nitrogen and oxygen atoms in total. The molecule has 0 aliphatic heterocycles. The number of hydrogen-bond acceptors (Lipinski definition) is 3. The molecule has 0 aliphatic rings. The van der Waals surface area contributed by atoms with Crippen LogP contribution < -0.4 is 5.32 Å². The smallest absolute Gasteiger partial charge is 0.0705 e. The van der Waals surface area contributed by atoms with Crippen molar-refractivity contribution < 1.29 is 0 Å². The standard InChI is InChI=1S/C15H20N2S/c1-4-16-15(10-18-3)13-7-8-14-12(9-13)6-5-11(2)17-14/h5-9,15-16H,4,10H2,1-3H3. The largest absolute Gasteiger partial charge is 0.310 e. The van der Waals surface area contributed by atoms with Crippen molar-refractivity contribution in [3.63, 3.8) is 0 Å². The van der Waals surface area contributed by atoms with Gasteiger partial charge in [-0.05, 0) is 43.5 Å². The Morgan fingerprint density at radius 2 is 2.11 bits per heavy atom. The predicted octanol–water partition coefficient (Wildman–Crippen LogP) is 3.56. The van der Waals surface area contributed by atoms with E-state index in [9.17, 15) is 0 Å². The number of pyridine rings is 1. The molecule has 2 aromatic rings. The number of thioether (sulfide) groups is 1. The van der Waals surface area contributed by atoms with Crippen LogP contribution >= 0.6 is 11.8 Å². The van der Waals surface area contributed by atoms with Gasteiger partial charge in [0, 0.05) is 22.9 Å². The Hall–Kier alpha value is -1.06. The number of rotatable bonds is 5. The van der Waals surface area contributed by atoms with Crippen molar-refractivity contribution in [1.82, 2.24) is 10.3 Å². The van der Waals surface area contributed by atoms with Gasteiger partial charge in [-0.2, -0.15) is 11.8 Å². The van der Waals surface area contributed by atoms with Gasteiger partial charge in [0.15, 0.2) is 0 Å². The van der Waals surface area contributed by atoms with E-state index in [1.807, 2.05) is 18.7 Å². The summed E-state index contributed by atoms with van der Waals surface area (Å²) in [5.74, 6) is 1.10. The van der Waals surface area contributed by atoms with E-state index in [2.05, 4.69) is 53.8 Å². The first-order chi connectivity index (χ1) is 8.74. The molecule has 0 aliphatic carbocycles. The highest BCUT2D eigenvalue weighted by Crippen LogP contribution is 2.22. The topological polar surface area (TPSA) is 24.9 Å². The SMILES string of the molecule is CCNC(CSC)c1ccc2nc(C)ccc2c1. The summed E-state index contributed by atoms with van der Waals surface area (Å²) in [6, 6.07) is 11.2. The van der Waals surface area contributed by atoms with E-state index in [0.717, 1.165) is 23.5 Å². The summed E-state index contributed by atoms with van der Waals surface area (Å²) in [6.07, 6.45) is 2.15. The highest BCUT2D eigenvalue weighted by atomic mass is 32.2. The van der Waals surface area contributed by atoms with Crippen LogP contribution in [-0.4, -0.2) is 23.5 Å². The minimum absolute atomic E-state index is 0.427. The summed E-state index contributed by atoms with van der Waals surface area (Å²) in [4.78, 5) is 4.54. The number of nitrogens with zero attached hydrogens (tertiary/aromatic N) is 1. The second kappa shape index (κ2) is 6.21. The maximum atomic E-state index is 4.54. The normalized spacial score (nSPS) is 12.8. The van der Waals surface area contributed by atoms with Gasteiger partial charge in [0.1, 0.15) is 0 Å². The van der Waals surface area contributed by atoms with E-state index in [4.69, 9.17) is 0 Å². The van der Waals surface area contributed by atoms with Crippen LogP contribution in [0.1, 0.15) is 24.2 Å². The predicted molar refractivity (Wildman–Crippen MR) is 81.3 cm³/mol. The third-order valence-corrected chi connectivity index (χ3v) is 3.71. The number of fused-ring (bicyclic) bond motifs is 1. The summed E-state index contributed by atoms with van der Waals surface area (Å²) < 4.78 is 0. The minimum Gasteiger partial charge on any atom is -0.310 e. The zero-order valence-electron chi connectivity index (χ0n) is 11.2. The molecule has 0 radical (unpaired) electrons. The van der Waals surface area contributed by atoms with Gasteiger partial charge in [-0.15, -0.1) is 0 Å². The molecule has 1 atom stereocenters. The third-order valence-electron chi connectivity index (χ3n) is 3.04. The molecule has 1 aromatic carbocycles. The van der Waals surface area contributed by atoms with Crippen LogP contribution in [0.5, 0.6) is 0 Å². The fraction of sp³-hybridized carbons (Fsp3) is 0.400. The van der Waals surface area contributed by atoms with Crippen molar-refractivity contribution >= 4 is 22.7 Å². The van der Waals surface area contributed by atoms with E-state index in [1.165, 1.54) is 10.9 Å². The fourth-order valence-electron chi connectivity index (χ4n) is 2.15. The van der Waals surface area contributed by atoms with Crippen molar-refractivity contribution in [3.8, 4) is 0 Å². The molecule has 2 rings (SSSR count). The molecule has 0 saturated carbocycles. The average Bonchev–Trinajstić information content (AvgIpc) is 2.38. The van der Waals surface area contributed by atoms with Gasteiger partial charge in [-0.25, -0.2) is 0 Å². The molecule has 1 heterocycles. The molecule has 0 saturated heterocycles. The van der Waals surface area contributed by atoms with Crippen molar-refractivity contribution in [2.45, 2.75) is 19.9 Å². The molecule has 1 N–H and O–H groups in total. The lowest BCUT2D eigenvalue weighted by molar-refractivity contribution is 0.607. The van der Waals surface area contributed by atoms with E-state index in [0.29, 0.717) is 6.04 Å². The summed E-state index contributed by atoms with van der Waals surface area (Å²) in [5, 5.41) is 4.76. The Kier molecular flexibility index (Phi) is 4.61. The number of nitrogens with one attached hydrogen (secondary N) is 1. The average molecular weight is 260 g/mol. The van der Waals surface area contributed by atoms with Gasteiger partial charge in [-0.3, -0.25) is 4.98 Å². The lowest BCUT2D eigenvalue weighted by atomic mass is 10.0. The van der Waals surface area contributed by atoms with Crippen LogP contribution in [0, 0.1) is 6.92 Å². The van der Waals surface area contributed by atoms with Gasteiger partial charge in [0.2, 0.25) is 0 Å². The lowest BCUT2D eigenvalue weighted by Crippen LogP contribution is -2.22. The van der Waals surface area contributed by atoms with Gasteiger partial charge >= 0.3 is 0 Å². The Morgan fingerprint density at radius 1 is 1.28 bits per heavy atom. The second-order valence-electron chi connectivity index (χ2n) is 4.47. The molecule has 0 amide bonds. The molecule has 18 heavy (non-hydrogen) atoms. The lowest BCUT2D eigenvalue weighted by Gasteiger charge is -2.17. The molecule has 1 aromatic heterocycles. The van der Waals surface area contributed by atoms with Crippen LogP contribution in [0.4, 0.5) is 0 Å². The van der Waals surface area contributed by atoms with Crippen molar-refractivity contribution in [3.05, 3.63) is 41.6 Å². The van der Waals surface area contributed by atoms with E-state index < -0.39 is 0 Å². The second-order valence-corrected chi connectivity index (χ2v) is 5.38. The zero-order valence-corrected chi connectivity index (χ0v) is 12.1. The number of aryl methyl sites for hydroxylation is 1. The maximum absolute atomic E-state index is 4.54. The maximum Gasteiger partial charge on any atom is 0.0705 e. The molecule has 0 spiro atoms. The molecule has 0 bridgehead atoms. The van der Waals surface area contributed by atoms with Gasteiger partial charge in [0.25, 0.3) is 0 Å². The van der Waals surface area contributed by atoms with Crippen molar-refractivity contribution in [2.24, 2.45) is 0 Å². The molecular formula is C15H20N2S. The van der Waals surface area contributed by atoms with Gasteiger partial charge < -0.3 is 5.32 Å². The highest BCUT2D eigenvalue weighted by Gasteiger charge is 2.10. The van der Waals surface area contributed by atoms with Crippen molar-refractivity contribution in [1.29, 1.82) is 0 Å². The van der Waals surface area contributed by atoms with Gasteiger partial charge in [-0.1, -0.05) is 19.1 Å². The molecule has 3 heteroatoms. The molecule has 1 unspecified atom stereocenters. The van der Waals surface area contributed by atoms with Crippen LogP contribution in [0.15, 0.2) is 30.3 Å². The summed E-state index contributed by atoms with van der Waals surface area (Å²) in [5.41, 5.74) is 3.50. The van der Waals surface area contributed by atoms with E-state index in [-0.39, 0.29) is 0 Å². The van der Waals surface area contributed by atoms with Crippen LogP contribution in [0.3, 0.4) is 0 Å². The summed E-state index contributed by atoms with van der Waals surface area (Å²) in [7, 11) is 0. The summed E-state index contributed by atoms with van der Waals surface area (Å²) >= 11 is 1.87. The molecular weight excluding hydrogens is 240 g/mol. The summed E-state index contributed by atoms with van der Waals surface area (Å²) in [6.45, 7) is 5.18. The zero-order chi connectivity index (χ0) is 13.0. The highest BCUT2D eigenvalue weighted by molar-refractivity contribution is 7.98. The van der Waals surface area contributed by atoms with Gasteiger partial charge in [0.05, 0.1) is 5.52 Å². The molecule has 0 fully saturated rings. The minimum atomic E-state index is 0.427. The number of aromatic nitrogens is 1. The van der Waals surface area contributed by atoms with E-state index >= 15 is 0 Å². The Morgan fingerprint density at radius 3 is 2.83 bits per heavy atom. The number of benzene rings is 1. The first-order valence-electron chi connectivity index (χ1n) is 6.34. The fourth-order valence-corrected chi connectivity index (χ4v) is 2.79. The monoisotopic (exact) mass is 260 g/mol. The van der Waals surface area contributed by atoms with Crippen LogP contribution in [0.25, 0.3) is 10.9 Å². The van der Waals surface area contributed by atoms with E-state index in [1.54, 1.807) is 0 Å². The Bertz CT molecular complexity index is 519. The first kappa shape index (κ1) is 13.4. The Balaban J connectivity index is 2.35. The van der Waals surface area contributed by atoms with Crippen LogP contribution in [0.2, 0.25) is 0 Å². The third kappa shape index (κ3) is 3.03. The Labute approximate surface area is 113 Å². The van der Waals surface area contributed by atoms with Crippen LogP contribution in [-0.2, 0) is 0 Å². The first-order valence-corrected chi connectivity index (χ1v) is 7.73. The number of hydrogen-bond donors (Lipinski definition) is 1. The van der Waals surface area contributed by atoms with Crippen molar-refractivity contribution in [2.75, 3.05) is 18.6 Å². The quantitative estimate of drug-likeness (QED) is 0.890. The molecule has 96 valence electrons.